The minimum absolute atomic E-state index is 0.00219. The molecule has 0 radical (unpaired) electrons. The third kappa shape index (κ3) is 7.99. The van der Waals surface area contributed by atoms with E-state index in [4.69, 9.17) is 10.8 Å². The van der Waals surface area contributed by atoms with E-state index in [0.29, 0.717) is 63.3 Å². The summed E-state index contributed by atoms with van der Waals surface area (Å²) in [5.74, 6) is -1.59. The first kappa shape index (κ1) is 40.4. The van der Waals surface area contributed by atoms with Crippen LogP contribution in [0.3, 0.4) is 0 Å². The average Bonchev–Trinajstić information content (AvgIpc) is 3.96. The van der Waals surface area contributed by atoms with E-state index in [1.54, 1.807) is 21.8 Å². The Kier molecular flexibility index (Phi) is 10.9. The number of benzene rings is 1. The summed E-state index contributed by atoms with van der Waals surface area (Å²) in [5.41, 5.74) is 8.16. The summed E-state index contributed by atoms with van der Waals surface area (Å²) in [4.78, 5) is 60.0. The molecule has 3 saturated heterocycles. The molecule has 322 valence electrons. The molecule has 5 N–H and O–H groups in total. The number of alkyl halides is 3. The van der Waals surface area contributed by atoms with Gasteiger partial charge in [-0.25, -0.2) is 22.7 Å². The van der Waals surface area contributed by atoms with E-state index in [2.05, 4.69) is 36.0 Å². The number of hydrogen-bond donors (Lipinski definition) is 4. The largest absolute Gasteiger partial charge is 0.370 e. The van der Waals surface area contributed by atoms with Crippen molar-refractivity contribution < 1.29 is 32.3 Å². The van der Waals surface area contributed by atoms with E-state index in [9.17, 15) is 32.3 Å². The lowest BCUT2D eigenvalue weighted by Gasteiger charge is -2.35. The monoisotopic (exact) mass is 843 g/mol. The summed E-state index contributed by atoms with van der Waals surface area (Å²) in [6.07, 6.45) is 4.88. The van der Waals surface area contributed by atoms with Crippen LogP contribution < -0.4 is 31.5 Å². The topological polar surface area (TPSA) is 203 Å². The smallest absolute Gasteiger partial charge is 0.284 e. The molecule has 1 saturated carbocycles. The molecule has 5 aromatic rings. The van der Waals surface area contributed by atoms with Gasteiger partial charge in [-0.2, -0.15) is 15.3 Å². The van der Waals surface area contributed by atoms with Crippen LogP contribution in [0.25, 0.3) is 16.6 Å². The summed E-state index contributed by atoms with van der Waals surface area (Å²) in [6.45, 7) is 1.93. The second-order valence-corrected chi connectivity index (χ2v) is 16.7. The Hall–Kier alpha value is -6.05. The van der Waals surface area contributed by atoms with Crippen molar-refractivity contribution >= 4 is 57.4 Å². The van der Waals surface area contributed by atoms with Crippen LogP contribution in [-0.2, 0) is 21.4 Å². The number of nitrogens with two attached hydrogens (primary N) is 1. The minimum Gasteiger partial charge on any atom is -0.370 e. The molecule has 3 aliphatic heterocycles. The molecule has 1 aromatic carbocycles. The summed E-state index contributed by atoms with van der Waals surface area (Å²) < 4.78 is 47.5. The van der Waals surface area contributed by atoms with Crippen molar-refractivity contribution in [3.05, 3.63) is 59.8 Å². The molecule has 61 heavy (non-hydrogen) atoms. The van der Waals surface area contributed by atoms with Crippen LogP contribution >= 0.6 is 0 Å². The normalized spacial score (nSPS) is 24.1. The quantitative estimate of drug-likeness (QED) is 0.157. The highest BCUT2D eigenvalue weighted by atomic mass is 19.3. The second-order valence-electron chi connectivity index (χ2n) is 16.7. The first-order valence-electron chi connectivity index (χ1n) is 20.9. The fourth-order valence-electron chi connectivity index (χ4n) is 9.49. The highest BCUT2D eigenvalue weighted by Crippen LogP contribution is 2.37. The van der Waals surface area contributed by atoms with E-state index >= 15 is 0 Å². The third-order valence-corrected chi connectivity index (χ3v) is 12.6. The highest BCUT2D eigenvalue weighted by molar-refractivity contribution is 6.08. The molecular formula is C41H48F3N13O4. The fraction of sp³-hybridized carbons (Fsp3) is 0.512. The van der Waals surface area contributed by atoms with Crippen molar-refractivity contribution in [2.24, 2.45) is 18.7 Å². The highest BCUT2D eigenvalue weighted by Gasteiger charge is 2.35. The first-order valence-corrected chi connectivity index (χ1v) is 20.9. The molecule has 0 bridgehead atoms. The number of fused-ring (bicyclic) bond motifs is 2. The van der Waals surface area contributed by atoms with Crippen molar-refractivity contribution in [1.82, 2.24) is 44.8 Å². The minimum atomic E-state index is -2.96. The zero-order valence-electron chi connectivity index (χ0n) is 33.6. The Bertz CT molecular complexity index is 2480. The average molecular weight is 844 g/mol. The summed E-state index contributed by atoms with van der Waals surface area (Å²) in [5, 5.41) is 22.3. The van der Waals surface area contributed by atoms with Gasteiger partial charge < -0.3 is 26.2 Å². The van der Waals surface area contributed by atoms with Crippen molar-refractivity contribution in [2.45, 2.75) is 94.4 Å². The lowest BCUT2D eigenvalue weighted by Crippen LogP contribution is -2.48. The molecule has 7 heterocycles. The van der Waals surface area contributed by atoms with Crippen LogP contribution in [0.1, 0.15) is 97.9 Å². The molecule has 0 spiro atoms. The van der Waals surface area contributed by atoms with Crippen LogP contribution in [0.5, 0.6) is 0 Å². The van der Waals surface area contributed by atoms with Crippen molar-refractivity contribution in [1.29, 1.82) is 0 Å². The number of aryl methyl sites for hydroxylation is 1. The molecular weight excluding hydrogens is 796 g/mol. The number of amides is 4. The van der Waals surface area contributed by atoms with E-state index in [0.717, 1.165) is 29.4 Å². The number of aromatic nitrogens is 7. The maximum absolute atomic E-state index is 14.3. The van der Waals surface area contributed by atoms with Crippen LogP contribution in [-0.4, -0.2) is 102 Å². The maximum atomic E-state index is 14.3. The number of carbonyl (C=O) groups excluding carboxylic acids is 4. The van der Waals surface area contributed by atoms with Crippen molar-refractivity contribution in [2.75, 3.05) is 41.3 Å². The van der Waals surface area contributed by atoms with Gasteiger partial charge in [0.1, 0.15) is 17.6 Å². The van der Waals surface area contributed by atoms with Crippen LogP contribution in [0.4, 0.5) is 30.4 Å². The zero-order chi connectivity index (χ0) is 42.5. The van der Waals surface area contributed by atoms with E-state index in [-0.39, 0.29) is 78.0 Å². The summed E-state index contributed by atoms with van der Waals surface area (Å²) in [6, 6.07) is 7.01. The molecule has 1 unspecified atom stereocenters. The molecule has 3 atom stereocenters. The van der Waals surface area contributed by atoms with Gasteiger partial charge in [-0.3, -0.25) is 33.9 Å². The molecule has 17 nitrogen and oxygen atoms in total. The molecule has 20 heteroatoms. The summed E-state index contributed by atoms with van der Waals surface area (Å²) in [7, 11) is 1.86. The fourth-order valence-corrected chi connectivity index (χ4v) is 9.49. The number of halogens is 3. The van der Waals surface area contributed by atoms with Gasteiger partial charge >= 0.3 is 0 Å². The number of rotatable bonds is 9. The first-order chi connectivity index (χ1) is 29.4. The molecule has 4 aliphatic rings. The van der Waals surface area contributed by atoms with Gasteiger partial charge in [0.2, 0.25) is 17.7 Å². The Morgan fingerprint density at radius 2 is 1.77 bits per heavy atom. The number of anilines is 3. The molecule has 4 amide bonds. The number of para-hydroxylation sites is 1. The standard InChI is InChI=1S/C41H48F3N13O4/c1-53-36-27(34(51-53)28-9-10-33(58)50-40(28)60)3-2-4-31(36)54-14-11-25(12-15-54)47-39(59)22-5-7-26(8-6-22)57-21-30(35(52-57)37(43)44)48-41(61)29-18-46-56-16-13-32(49-38(29)56)55-19-23(42)17-24(45)20-55/h2-4,13,16,18,21-26,28,37H,5-12,14-15,17,19-20,45H2,1H3,(H,47,59)(H,48,61)(H,50,58,60)/t22?,23-,24-,26?,28?/m1/s1. The molecule has 1 aliphatic carbocycles. The van der Waals surface area contributed by atoms with Gasteiger partial charge in [0.05, 0.1) is 47.3 Å². The van der Waals surface area contributed by atoms with Crippen LogP contribution in [0.2, 0.25) is 0 Å². The Balaban J connectivity index is 0.797. The Labute approximate surface area is 348 Å². The lowest BCUT2D eigenvalue weighted by atomic mass is 9.85. The van der Waals surface area contributed by atoms with Gasteiger partial charge in [-0.1, -0.05) is 12.1 Å². The van der Waals surface area contributed by atoms with E-state index in [1.807, 2.05) is 25.2 Å². The number of carbonyl (C=O) groups is 4. The number of nitrogens with zero attached hydrogens (tertiary/aromatic N) is 9. The molecule has 4 fully saturated rings. The van der Waals surface area contributed by atoms with Gasteiger partial charge in [0, 0.05) is 68.9 Å². The Morgan fingerprint density at radius 1 is 0.984 bits per heavy atom. The number of nitrogens with one attached hydrogen (secondary N) is 3. The Morgan fingerprint density at radius 3 is 2.51 bits per heavy atom. The SMILES string of the molecule is Cn1nc(C2CCC(=O)NC2=O)c2cccc(N3CCC(NC(=O)C4CCC(n5cc(NC(=O)c6cnn7ccc(N8C[C@H](N)C[C@@H](F)C8)nc67)c(C(F)F)n5)CC4)CC3)c21. The van der Waals surface area contributed by atoms with Crippen molar-refractivity contribution in [3.63, 3.8) is 0 Å². The third-order valence-electron chi connectivity index (χ3n) is 12.6. The van der Waals surface area contributed by atoms with E-state index in [1.165, 1.54) is 21.6 Å². The number of imide groups is 1. The predicted molar refractivity (Wildman–Crippen MR) is 218 cm³/mol. The maximum Gasteiger partial charge on any atom is 0.284 e. The van der Waals surface area contributed by atoms with Gasteiger partial charge in [-0.15, -0.1) is 0 Å². The van der Waals surface area contributed by atoms with Gasteiger partial charge in [0.25, 0.3) is 12.3 Å². The summed E-state index contributed by atoms with van der Waals surface area (Å²) >= 11 is 0. The molecule has 4 aromatic heterocycles. The second kappa shape index (κ2) is 16.4. The number of hydrogen-bond acceptors (Lipinski definition) is 11. The van der Waals surface area contributed by atoms with Crippen molar-refractivity contribution in [3.8, 4) is 0 Å². The van der Waals surface area contributed by atoms with Gasteiger partial charge in [-0.05, 0) is 63.5 Å². The predicted octanol–water partition coefficient (Wildman–Crippen LogP) is 3.91. The zero-order valence-corrected chi connectivity index (χ0v) is 33.6. The van der Waals surface area contributed by atoms with Crippen LogP contribution in [0, 0.1) is 5.92 Å². The lowest BCUT2D eigenvalue weighted by molar-refractivity contribution is -0.134. The molecule has 9 rings (SSSR count). The van der Waals surface area contributed by atoms with Crippen LogP contribution in [0.15, 0.2) is 42.9 Å². The van der Waals surface area contributed by atoms with E-state index < -0.39 is 30.1 Å². The number of piperidine rings is 3. The van der Waals surface area contributed by atoms with Gasteiger partial charge in [0.15, 0.2) is 11.3 Å².